The molecule has 2 aromatic carbocycles. The second-order valence-electron chi connectivity index (χ2n) is 8.08. The Labute approximate surface area is 169 Å². The van der Waals surface area contributed by atoms with Crippen LogP contribution in [-0.2, 0) is 9.53 Å². The lowest BCUT2D eigenvalue weighted by molar-refractivity contribution is -0.124. The van der Waals surface area contributed by atoms with Crippen LogP contribution in [0.1, 0.15) is 28.8 Å². The van der Waals surface area contributed by atoms with E-state index >= 15 is 0 Å². The second-order valence-corrected chi connectivity index (χ2v) is 8.08. The topological polar surface area (TPSA) is 58.6 Å². The zero-order valence-electron chi connectivity index (χ0n) is 16.5. The van der Waals surface area contributed by atoms with Gasteiger partial charge in [-0.3, -0.25) is 9.59 Å². The maximum absolute atomic E-state index is 13.5. The minimum Gasteiger partial charge on any atom is -0.381 e. The molecule has 0 bridgehead atoms. The van der Waals surface area contributed by atoms with Crippen LogP contribution in [0.15, 0.2) is 48.5 Å². The maximum Gasteiger partial charge on any atom is 0.253 e. The van der Waals surface area contributed by atoms with Crippen LogP contribution in [0.2, 0.25) is 0 Å². The molecule has 29 heavy (non-hydrogen) atoms. The van der Waals surface area contributed by atoms with Crippen molar-refractivity contribution in [1.82, 2.24) is 4.90 Å². The van der Waals surface area contributed by atoms with Gasteiger partial charge in [0.15, 0.2) is 0 Å². The molecule has 4 rings (SSSR count). The highest BCUT2D eigenvalue weighted by molar-refractivity contribution is 5.97. The molecule has 2 aromatic rings. The number of aryl methyl sites for hydroxylation is 1. The number of benzene rings is 2. The van der Waals surface area contributed by atoms with Gasteiger partial charge in [-0.2, -0.15) is 0 Å². The molecule has 2 fully saturated rings. The number of likely N-dealkylation sites (tertiary alicyclic amines) is 1. The van der Waals surface area contributed by atoms with Gasteiger partial charge in [0.05, 0.1) is 5.92 Å². The zero-order chi connectivity index (χ0) is 20.4. The molecule has 6 heteroatoms. The molecule has 0 saturated carbocycles. The van der Waals surface area contributed by atoms with Crippen LogP contribution < -0.4 is 5.32 Å². The molecule has 1 spiro atoms. The number of carbonyl (C=O) groups excluding carboxylic acids is 2. The van der Waals surface area contributed by atoms with E-state index in [4.69, 9.17) is 4.74 Å². The van der Waals surface area contributed by atoms with Crippen molar-refractivity contribution in [2.45, 2.75) is 19.8 Å². The number of anilines is 1. The summed E-state index contributed by atoms with van der Waals surface area (Å²) in [6.07, 6.45) is 1.46. The standard InChI is InChI=1S/C23H25FN2O3/c1-16-5-7-17(8-6-16)22(28)26-14-20(23(15-26)9-11-29-12-10-23)21(27)25-19-4-2-3-18(24)13-19/h2-8,13,20H,9-12,14-15H2,1H3,(H,25,27)/t20-/m0/s1. The van der Waals surface area contributed by atoms with E-state index in [1.165, 1.54) is 12.1 Å². The molecule has 0 radical (unpaired) electrons. The van der Waals surface area contributed by atoms with Crippen LogP contribution in [-0.4, -0.2) is 43.0 Å². The van der Waals surface area contributed by atoms with Crippen LogP contribution in [0.4, 0.5) is 10.1 Å². The Kier molecular flexibility index (Phi) is 5.37. The predicted octanol–water partition coefficient (Wildman–Crippen LogP) is 3.64. The Bertz CT molecular complexity index is 907. The molecule has 2 amide bonds. The van der Waals surface area contributed by atoms with Gasteiger partial charge in [0, 0.05) is 43.0 Å². The number of amides is 2. The molecule has 2 aliphatic rings. The summed E-state index contributed by atoms with van der Waals surface area (Å²) >= 11 is 0. The van der Waals surface area contributed by atoms with Crippen molar-refractivity contribution in [3.63, 3.8) is 0 Å². The van der Waals surface area contributed by atoms with Gasteiger partial charge in [-0.1, -0.05) is 23.8 Å². The summed E-state index contributed by atoms with van der Waals surface area (Å²) in [5.41, 5.74) is 1.84. The number of carbonyl (C=O) groups is 2. The summed E-state index contributed by atoms with van der Waals surface area (Å²) in [7, 11) is 0. The van der Waals surface area contributed by atoms with E-state index in [-0.39, 0.29) is 23.1 Å². The third kappa shape index (κ3) is 4.03. The number of rotatable bonds is 3. The Balaban J connectivity index is 1.56. The molecular weight excluding hydrogens is 371 g/mol. The van der Waals surface area contributed by atoms with Crippen molar-refractivity contribution in [2.24, 2.45) is 11.3 Å². The van der Waals surface area contributed by atoms with E-state index < -0.39 is 5.82 Å². The minimum absolute atomic E-state index is 0.0584. The number of ether oxygens (including phenoxy) is 1. The fraction of sp³-hybridized carbons (Fsp3) is 0.391. The lowest BCUT2D eigenvalue weighted by Gasteiger charge is -2.37. The first-order valence-corrected chi connectivity index (χ1v) is 9.97. The number of hydrogen-bond donors (Lipinski definition) is 1. The third-order valence-corrected chi connectivity index (χ3v) is 6.13. The second kappa shape index (κ2) is 7.95. The Hall–Kier alpha value is -2.73. The molecule has 0 unspecified atom stereocenters. The quantitative estimate of drug-likeness (QED) is 0.862. The third-order valence-electron chi connectivity index (χ3n) is 6.13. The summed E-state index contributed by atoms with van der Waals surface area (Å²) in [5.74, 6) is -0.983. The monoisotopic (exact) mass is 396 g/mol. The minimum atomic E-state index is -0.397. The SMILES string of the molecule is Cc1ccc(C(=O)N2C[C@@H](C(=O)Nc3cccc(F)c3)C3(CCOCC3)C2)cc1. The highest BCUT2D eigenvalue weighted by Gasteiger charge is 2.51. The largest absolute Gasteiger partial charge is 0.381 e. The first-order valence-electron chi connectivity index (χ1n) is 9.97. The molecular formula is C23H25FN2O3. The van der Waals surface area contributed by atoms with E-state index in [1.807, 2.05) is 31.2 Å². The summed E-state index contributed by atoms with van der Waals surface area (Å²) in [6.45, 7) is 4.03. The van der Waals surface area contributed by atoms with Crippen LogP contribution in [0.3, 0.4) is 0 Å². The fourth-order valence-electron chi connectivity index (χ4n) is 4.44. The van der Waals surface area contributed by atoms with Crippen LogP contribution in [0, 0.1) is 24.1 Å². The zero-order valence-corrected chi connectivity index (χ0v) is 16.5. The van der Waals surface area contributed by atoms with Crippen molar-refractivity contribution < 1.29 is 18.7 Å². The van der Waals surface area contributed by atoms with Gasteiger partial charge in [-0.25, -0.2) is 4.39 Å². The Morgan fingerprint density at radius 1 is 1.14 bits per heavy atom. The molecule has 2 saturated heterocycles. The predicted molar refractivity (Wildman–Crippen MR) is 108 cm³/mol. The number of nitrogens with zero attached hydrogens (tertiary/aromatic N) is 1. The molecule has 1 atom stereocenters. The van der Waals surface area contributed by atoms with Gasteiger partial charge >= 0.3 is 0 Å². The molecule has 1 N–H and O–H groups in total. The number of hydrogen-bond acceptors (Lipinski definition) is 3. The summed E-state index contributed by atoms with van der Waals surface area (Å²) in [4.78, 5) is 28.0. The lowest BCUT2D eigenvalue weighted by Crippen LogP contribution is -2.42. The van der Waals surface area contributed by atoms with Gasteiger partial charge < -0.3 is 15.0 Å². The van der Waals surface area contributed by atoms with Crippen molar-refractivity contribution in [1.29, 1.82) is 0 Å². The van der Waals surface area contributed by atoms with E-state index in [0.29, 0.717) is 37.6 Å². The van der Waals surface area contributed by atoms with Crippen LogP contribution in [0.5, 0.6) is 0 Å². The van der Waals surface area contributed by atoms with Crippen molar-refractivity contribution >= 4 is 17.5 Å². The van der Waals surface area contributed by atoms with Gasteiger partial charge in [-0.15, -0.1) is 0 Å². The molecule has 0 aliphatic carbocycles. The average molecular weight is 396 g/mol. The molecule has 0 aromatic heterocycles. The van der Waals surface area contributed by atoms with Crippen molar-refractivity contribution in [3.05, 3.63) is 65.5 Å². The number of halogens is 1. The van der Waals surface area contributed by atoms with Gasteiger partial charge in [0.2, 0.25) is 5.91 Å². The Morgan fingerprint density at radius 3 is 2.55 bits per heavy atom. The average Bonchev–Trinajstić information content (AvgIpc) is 3.07. The van der Waals surface area contributed by atoms with Gasteiger partial charge in [-0.05, 0) is 50.1 Å². The summed E-state index contributed by atoms with van der Waals surface area (Å²) in [6, 6.07) is 13.4. The van der Waals surface area contributed by atoms with E-state index in [9.17, 15) is 14.0 Å². The van der Waals surface area contributed by atoms with E-state index in [1.54, 1.807) is 17.0 Å². The van der Waals surface area contributed by atoms with E-state index in [0.717, 1.165) is 18.4 Å². The fourth-order valence-corrected chi connectivity index (χ4v) is 4.44. The van der Waals surface area contributed by atoms with Crippen LogP contribution in [0.25, 0.3) is 0 Å². The van der Waals surface area contributed by atoms with Gasteiger partial charge in [0.1, 0.15) is 5.82 Å². The van der Waals surface area contributed by atoms with Crippen molar-refractivity contribution in [2.75, 3.05) is 31.6 Å². The van der Waals surface area contributed by atoms with Crippen LogP contribution >= 0.6 is 0 Å². The first-order chi connectivity index (χ1) is 14.0. The highest BCUT2D eigenvalue weighted by atomic mass is 19.1. The van der Waals surface area contributed by atoms with Crippen molar-refractivity contribution in [3.8, 4) is 0 Å². The normalized spacial score (nSPS) is 20.6. The Morgan fingerprint density at radius 2 is 1.86 bits per heavy atom. The van der Waals surface area contributed by atoms with E-state index in [2.05, 4.69) is 5.32 Å². The maximum atomic E-state index is 13.5. The smallest absolute Gasteiger partial charge is 0.253 e. The molecule has 2 heterocycles. The number of nitrogens with one attached hydrogen (secondary N) is 1. The molecule has 5 nitrogen and oxygen atoms in total. The van der Waals surface area contributed by atoms with Gasteiger partial charge in [0.25, 0.3) is 5.91 Å². The first kappa shape index (κ1) is 19.6. The summed E-state index contributed by atoms with van der Waals surface area (Å²) in [5, 5.41) is 2.85. The molecule has 152 valence electrons. The molecule has 2 aliphatic heterocycles. The summed E-state index contributed by atoms with van der Waals surface area (Å²) < 4.78 is 19.0. The lowest BCUT2D eigenvalue weighted by atomic mass is 9.71. The highest BCUT2D eigenvalue weighted by Crippen LogP contribution is 2.45.